The molecule has 15 heavy (non-hydrogen) atoms. The number of nitrogens with one attached hydrogen (secondary N) is 1. The molecule has 1 heterocycles. The quantitative estimate of drug-likeness (QED) is 0.750. The van der Waals surface area contributed by atoms with E-state index < -0.39 is 5.41 Å². The Balaban J connectivity index is 2.18. The van der Waals surface area contributed by atoms with Crippen LogP contribution >= 0.6 is 0 Å². The van der Waals surface area contributed by atoms with Gasteiger partial charge in [-0.15, -0.1) is 0 Å². The maximum Gasteiger partial charge on any atom is 0.319 e. The standard InChI is InChI=1S/C10H15N3O2/c1-3-7-11-8(13-12-7)10(5-6-10)9(14)15-4-2/h3-6H2,1-2H3,(H,11,12,13). The van der Waals surface area contributed by atoms with E-state index in [0.29, 0.717) is 12.4 Å². The summed E-state index contributed by atoms with van der Waals surface area (Å²) in [5.74, 6) is 1.23. The molecule has 1 fully saturated rings. The van der Waals surface area contributed by atoms with Gasteiger partial charge in [0.15, 0.2) is 5.82 Å². The molecule has 0 aliphatic heterocycles. The second kappa shape index (κ2) is 3.64. The summed E-state index contributed by atoms with van der Waals surface area (Å²) >= 11 is 0. The molecule has 2 rings (SSSR count). The average Bonchev–Trinajstić information content (AvgIpc) is 2.91. The van der Waals surface area contributed by atoms with Gasteiger partial charge in [0, 0.05) is 6.42 Å². The fourth-order valence-electron chi connectivity index (χ4n) is 1.58. The molecule has 1 N–H and O–H groups in total. The van der Waals surface area contributed by atoms with E-state index in [-0.39, 0.29) is 5.97 Å². The third-order valence-electron chi connectivity index (χ3n) is 2.71. The summed E-state index contributed by atoms with van der Waals surface area (Å²) in [6, 6.07) is 0. The minimum Gasteiger partial charge on any atom is -0.465 e. The van der Waals surface area contributed by atoms with Crippen LogP contribution in [0.15, 0.2) is 0 Å². The molecule has 0 unspecified atom stereocenters. The molecule has 82 valence electrons. The van der Waals surface area contributed by atoms with Gasteiger partial charge in [0.05, 0.1) is 6.61 Å². The normalized spacial score (nSPS) is 17.5. The van der Waals surface area contributed by atoms with Crippen LogP contribution in [0.3, 0.4) is 0 Å². The van der Waals surface area contributed by atoms with E-state index in [9.17, 15) is 4.79 Å². The van der Waals surface area contributed by atoms with Gasteiger partial charge in [-0.1, -0.05) is 6.92 Å². The van der Waals surface area contributed by atoms with Gasteiger partial charge < -0.3 is 4.74 Å². The number of rotatable bonds is 4. The maximum absolute atomic E-state index is 11.7. The number of H-pyrrole nitrogens is 1. The molecule has 0 amide bonds. The van der Waals surface area contributed by atoms with E-state index in [0.717, 1.165) is 25.1 Å². The molecule has 0 atom stereocenters. The number of carbonyl (C=O) groups is 1. The number of aromatic nitrogens is 3. The van der Waals surface area contributed by atoms with Crippen LogP contribution < -0.4 is 0 Å². The Morgan fingerprint density at radius 2 is 2.27 bits per heavy atom. The van der Waals surface area contributed by atoms with E-state index in [4.69, 9.17) is 4.74 Å². The highest BCUT2D eigenvalue weighted by Gasteiger charge is 2.56. The highest BCUT2D eigenvalue weighted by atomic mass is 16.5. The molecule has 1 aromatic heterocycles. The van der Waals surface area contributed by atoms with Gasteiger partial charge in [-0.25, -0.2) is 4.98 Å². The molecule has 5 nitrogen and oxygen atoms in total. The fraction of sp³-hybridized carbons (Fsp3) is 0.700. The second-order valence-corrected chi connectivity index (χ2v) is 3.76. The van der Waals surface area contributed by atoms with Crippen molar-refractivity contribution in [1.82, 2.24) is 15.2 Å². The van der Waals surface area contributed by atoms with Crippen LogP contribution in [0.2, 0.25) is 0 Å². The Morgan fingerprint density at radius 3 is 2.73 bits per heavy atom. The highest BCUT2D eigenvalue weighted by Crippen LogP contribution is 2.47. The smallest absolute Gasteiger partial charge is 0.319 e. The fourth-order valence-corrected chi connectivity index (χ4v) is 1.58. The Labute approximate surface area is 88.2 Å². The summed E-state index contributed by atoms with van der Waals surface area (Å²) in [6.07, 6.45) is 2.39. The van der Waals surface area contributed by atoms with E-state index in [1.54, 1.807) is 0 Å². The van der Waals surface area contributed by atoms with Crippen LogP contribution in [-0.4, -0.2) is 27.8 Å². The first-order valence-electron chi connectivity index (χ1n) is 5.32. The Kier molecular flexibility index (Phi) is 2.46. The molecular weight excluding hydrogens is 194 g/mol. The average molecular weight is 209 g/mol. The Morgan fingerprint density at radius 1 is 1.53 bits per heavy atom. The minimum absolute atomic E-state index is 0.188. The highest BCUT2D eigenvalue weighted by molar-refractivity contribution is 5.85. The van der Waals surface area contributed by atoms with Gasteiger partial charge in [-0.3, -0.25) is 9.89 Å². The Hall–Kier alpha value is -1.39. The monoisotopic (exact) mass is 209 g/mol. The molecule has 1 aliphatic carbocycles. The molecular formula is C10H15N3O2. The summed E-state index contributed by atoms with van der Waals surface area (Å²) < 4.78 is 5.03. The SMILES string of the molecule is CCOC(=O)C1(c2n[nH]c(CC)n2)CC1. The zero-order valence-electron chi connectivity index (χ0n) is 9.04. The lowest BCUT2D eigenvalue weighted by atomic mass is 10.1. The van der Waals surface area contributed by atoms with Gasteiger partial charge in [0.25, 0.3) is 0 Å². The number of aryl methyl sites for hydroxylation is 1. The number of ether oxygens (including phenoxy) is 1. The molecule has 0 aromatic carbocycles. The molecule has 1 aromatic rings. The van der Waals surface area contributed by atoms with Crippen molar-refractivity contribution >= 4 is 5.97 Å². The van der Waals surface area contributed by atoms with Crippen LogP contribution in [0.1, 0.15) is 38.3 Å². The van der Waals surface area contributed by atoms with Gasteiger partial charge in [-0.05, 0) is 19.8 Å². The molecule has 1 aliphatic rings. The van der Waals surface area contributed by atoms with E-state index in [1.165, 1.54) is 0 Å². The summed E-state index contributed by atoms with van der Waals surface area (Å²) in [6.45, 7) is 4.21. The number of carbonyl (C=O) groups excluding carboxylic acids is 1. The van der Waals surface area contributed by atoms with Crippen LogP contribution in [0.5, 0.6) is 0 Å². The van der Waals surface area contributed by atoms with Crippen LogP contribution in [0.4, 0.5) is 0 Å². The van der Waals surface area contributed by atoms with E-state index >= 15 is 0 Å². The van der Waals surface area contributed by atoms with Crippen molar-refractivity contribution < 1.29 is 9.53 Å². The zero-order chi connectivity index (χ0) is 10.9. The third kappa shape index (κ3) is 1.62. The number of hydrogen-bond acceptors (Lipinski definition) is 4. The zero-order valence-corrected chi connectivity index (χ0v) is 9.04. The van der Waals surface area contributed by atoms with E-state index in [2.05, 4.69) is 15.2 Å². The molecule has 0 bridgehead atoms. The first-order valence-corrected chi connectivity index (χ1v) is 5.32. The van der Waals surface area contributed by atoms with Crippen molar-refractivity contribution in [2.45, 2.75) is 38.5 Å². The summed E-state index contributed by atoms with van der Waals surface area (Å²) in [7, 11) is 0. The van der Waals surface area contributed by atoms with Crippen molar-refractivity contribution in [2.75, 3.05) is 6.61 Å². The molecule has 1 saturated carbocycles. The van der Waals surface area contributed by atoms with Crippen LogP contribution in [0, 0.1) is 0 Å². The lowest BCUT2D eigenvalue weighted by Crippen LogP contribution is -2.24. The summed E-state index contributed by atoms with van der Waals surface area (Å²) in [5, 5.41) is 6.92. The number of esters is 1. The van der Waals surface area contributed by atoms with E-state index in [1.807, 2.05) is 13.8 Å². The third-order valence-corrected chi connectivity index (χ3v) is 2.71. The lowest BCUT2D eigenvalue weighted by molar-refractivity contribution is -0.146. The van der Waals surface area contributed by atoms with Gasteiger partial charge in [0.2, 0.25) is 0 Å². The van der Waals surface area contributed by atoms with Gasteiger partial charge in [-0.2, -0.15) is 5.10 Å². The molecule has 0 saturated heterocycles. The van der Waals surface area contributed by atoms with Crippen LogP contribution in [0.25, 0.3) is 0 Å². The van der Waals surface area contributed by atoms with Crippen molar-refractivity contribution in [3.8, 4) is 0 Å². The molecule has 5 heteroatoms. The number of nitrogens with zero attached hydrogens (tertiary/aromatic N) is 2. The van der Waals surface area contributed by atoms with Crippen molar-refractivity contribution in [1.29, 1.82) is 0 Å². The van der Waals surface area contributed by atoms with Crippen LogP contribution in [-0.2, 0) is 21.4 Å². The second-order valence-electron chi connectivity index (χ2n) is 3.76. The summed E-state index contributed by atoms with van der Waals surface area (Å²) in [4.78, 5) is 16.0. The molecule has 0 radical (unpaired) electrons. The largest absolute Gasteiger partial charge is 0.465 e. The first-order chi connectivity index (χ1) is 7.23. The summed E-state index contributed by atoms with van der Waals surface area (Å²) in [5.41, 5.74) is -0.542. The number of aromatic amines is 1. The minimum atomic E-state index is -0.542. The predicted octanol–water partition coefficient (Wildman–Crippen LogP) is 0.962. The topological polar surface area (TPSA) is 67.9 Å². The Bertz CT molecular complexity index is 368. The lowest BCUT2D eigenvalue weighted by Gasteiger charge is -2.08. The first kappa shape index (κ1) is 10.1. The maximum atomic E-state index is 11.7. The van der Waals surface area contributed by atoms with Gasteiger partial charge in [0.1, 0.15) is 11.2 Å². The number of hydrogen-bond donors (Lipinski definition) is 1. The van der Waals surface area contributed by atoms with Gasteiger partial charge >= 0.3 is 5.97 Å². The van der Waals surface area contributed by atoms with Crippen molar-refractivity contribution in [2.24, 2.45) is 0 Å². The van der Waals surface area contributed by atoms with Crippen molar-refractivity contribution in [3.63, 3.8) is 0 Å². The predicted molar refractivity (Wildman–Crippen MR) is 53.3 cm³/mol. The van der Waals surface area contributed by atoms with Crippen molar-refractivity contribution in [3.05, 3.63) is 11.6 Å². The molecule has 0 spiro atoms.